The third kappa shape index (κ3) is 3.33. The highest BCUT2D eigenvalue weighted by molar-refractivity contribution is 7.09. The van der Waals surface area contributed by atoms with Crippen molar-refractivity contribution in [2.75, 3.05) is 24.7 Å². The van der Waals surface area contributed by atoms with Gasteiger partial charge in [-0.15, -0.1) is 0 Å². The van der Waals surface area contributed by atoms with Crippen LogP contribution in [0.2, 0.25) is 0 Å². The van der Waals surface area contributed by atoms with E-state index in [2.05, 4.69) is 36.1 Å². The number of morpholine rings is 1. The van der Waals surface area contributed by atoms with Gasteiger partial charge in [0.05, 0.1) is 13.2 Å². The molecule has 1 atom stereocenters. The van der Waals surface area contributed by atoms with Gasteiger partial charge in [-0.1, -0.05) is 20.8 Å². The molecule has 2 aromatic heterocycles. The van der Waals surface area contributed by atoms with E-state index in [9.17, 15) is 0 Å². The summed E-state index contributed by atoms with van der Waals surface area (Å²) in [5.74, 6) is 3.48. The van der Waals surface area contributed by atoms with Crippen LogP contribution < -0.4 is 4.90 Å². The summed E-state index contributed by atoms with van der Waals surface area (Å²) in [5.41, 5.74) is 0. The molecule has 0 aromatic carbocycles. The Bertz CT molecular complexity index is 608. The van der Waals surface area contributed by atoms with Crippen LogP contribution in [0.5, 0.6) is 0 Å². The van der Waals surface area contributed by atoms with Crippen LogP contribution in [0.15, 0.2) is 16.5 Å². The van der Waals surface area contributed by atoms with E-state index < -0.39 is 0 Å². The van der Waals surface area contributed by atoms with Crippen molar-refractivity contribution in [1.29, 1.82) is 0 Å². The maximum Gasteiger partial charge on any atom is 0.205 e. The molecule has 0 spiro atoms. The Hall–Kier alpha value is -1.40. The standard InChI is InChI=1S/C16H23N3O2S/c1-4-12-5-6-14(21-12)13-10-20-8-7-19(13)16-17-15(18-22-16)9-11(2)3/h5-6,11,13H,4,7-10H2,1-3H3. The molecule has 3 heterocycles. The molecule has 0 saturated carbocycles. The first-order valence-corrected chi connectivity index (χ1v) is 8.70. The zero-order valence-electron chi connectivity index (χ0n) is 13.4. The molecular weight excluding hydrogens is 298 g/mol. The molecule has 22 heavy (non-hydrogen) atoms. The second kappa shape index (κ2) is 6.79. The summed E-state index contributed by atoms with van der Waals surface area (Å²) in [4.78, 5) is 6.98. The molecule has 5 nitrogen and oxygen atoms in total. The lowest BCUT2D eigenvalue weighted by atomic mass is 10.1. The van der Waals surface area contributed by atoms with Crippen molar-refractivity contribution in [3.05, 3.63) is 29.5 Å². The van der Waals surface area contributed by atoms with Crippen LogP contribution >= 0.6 is 11.5 Å². The van der Waals surface area contributed by atoms with E-state index in [4.69, 9.17) is 14.1 Å². The Morgan fingerprint density at radius 2 is 2.27 bits per heavy atom. The van der Waals surface area contributed by atoms with E-state index in [1.807, 2.05) is 6.07 Å². The second-order valence-corrected chi connectivity index (χ2v) is 6.76. The molecule has 1 aliphatic rings. The summed E-state index contributed by atoms with van der Waals surface area (Å²) in [5, 5.41) is 0.971. The zero-order chi connectivity index (χ0) is 15.5. The largest absolute Gasteiger partial charge is 0.464 e. The van der Waals surface area contributed by atoms with Crippen LogP contribution in [0, 0.1) is 5.92 Å². The lowest BCUT2D eigenvalue weighted by Gasteiger charge is -2.33. The van der Waals surface area contributed by atoms with Crippen molar-refractivity contribution in [1.82, 2.24) is 9.36 Å². The van der Waals surface area contributed by atoms with Gasteiger partial charge in [0.15, 0.2) is 0 Å². The molecule has 0 radical (unpaired) electrons. The Balaban J connectivity index is 1.81. The summed E-state index contributed by atoms with van der Waals surface area (Å²) in [6, 6.07) is 4.20. The quantitative estimate of drug-likeness (QED) is 0.844. The number of aromatic nitrogens is 2. The highest BCUT2D eigenvalue weighted by atomic mass is 32.1. The number of hydrogen-bond donors (Lipinski definition) is 0. The van der Waals surface area contributed by atoms with Gasteiger partial charge in [-0.25, -0.2) is 4.98 Å². The Morgan fingerprint density at radius 1 is 1.41 bits per heavy atom. The monoisotopic (exact) mass is 321 g/mol. The van der Waals surface area contributed by atoms with E-state index in [0.29, 0.717) is 12.5 Å². The van der Waals surface area contributed by atoms with E-state index in [0.717, 1.165) is 48.5 Å². The molecule has 0 aliphatic carbocycles. The number of hydrogen-bond acceptors (Lipinski definition) is 6. The second-order valence-electron chi connectivity index (χ2n) is 6.03. The van der Waals surface area contributed by atoms with Crippen molar-refractivity contribution in [2.45, 2.75) is 39.7 Å². The number of aryl methyl sites for hydroxylation is 1. The third-order valence-electron chi connectivity index (χ3n) is 3.78. The molecule has 1 saturated heterocycles. The first kappa shape index (κ1) is 15.5. The van der Waals surface area contributed by atoms with Crippen LogP contribution in [0.4, 0.5) is 5.13 Å². The maximum atomic E-state index is 5.93. The molecule has 0 N–H and O–H groups in total. The van der Waals surface area contributed by atoms with Gasteiger partial charge in [-0.2, -0.15) is 4.37 Å². The maximum absolute atomic E-state index is 5.93. The van der Waals surface area contributed by atoms with Crippen LogP contribution in [0.3, 0.4) is 0 Å². The Morgan fingerprint density at radius 3 is 3.00 bits per heavy atom. The molecule has 0 bridgehead atoms. The summed E-state index contributed by atoms with van der Waals surface area (Å²) < 4.78 is 16.1. The van der Waals surface area contributed by atoms with Gasteiger partial charge in [0.25, 0.3) is 0 Å². The molecule has 1 unspecified atom stereocenters. The van der Waals surface area contributed by atoms with Gasteiger partial charge < -0.3 is 14.1 Å². The predicted molar refractivity (Wildman–Crippen MR) is 87.4 cm³/mol. The molecule has 120 valence electrons. The minimum Gasteiger partial charge on any atom is -0.464 e. The van der Waals surface area contributed by atoms with Crippen molar-refractivity contribution in [2.24, 2.45) is 5.92 Å². The number of ether oxygens (including phenoxy) is 1. The van der Waals surface area contributed by atoms with Gasteiger partial charge in [0, 0.05) is 30.9 Å². The highest BCUT2D eigenvalue weighted by Crippen LogP contribution is 2.32. The summed E-state index contributed by atoms with van der Waals surface area (Å²) in [6.45, 7) is 8.65. The molecule has 0 amide bonds. The molecule has 2 aromatic rings. The van der Waals surface area contributed by atoms with Gasteiger partial charge in [0.2, 0.25) is 5.13 Å². The normalized spacial score (nSPS) is 19.1. The minimum atomic E-state index is 0.0916. The summed E-state index contributed by atoms with van der Waals surface area (Å²) >= 11 is 1.48. The number of nitrogens with zero attached hydrogens (tertiary/aromatic N) is 3. The highest BCUT2D eigenvalue weighted by Gasteiger charge is 2.29. The van der Waals surface area contributed by atoms with E-state index >= 15 is 0 Å². The van der Waals surface area contributed by atoms with Gasteiger partial charge >= 0.3 is 0 Å². The smallest absolute Gasteiger partial charge is 0.205 e. The fourth-order valence-corrected chi connectivity index (χ4v) is 3.41. The summed E-state index contributed by atoms with van der Waals surface area (Å²) in [6.07, 6.45) is 1.83. The van der Waals surface area contributed by atoms with Crippen molar-refractivity contribution < 1.29 is 9.15 Å². The molecule has 1 fully saturated rings. The minimum absolute atomic E-state index is 0.0916. The lowest BCUT2D eigenvalue weighted by molar-refractivity contribution is 0.0873. The van der Waals surface area contributed by atoms with Crippen LogP contribution in [-0.4, -0.2) is 29.1 Å². The number of furan rings is 1. The van der Waals surface area contributed by atoms with E-state index in [1.54, 1.807) is 0 Å². The molecular formula is C16H23N3O2S. The van der Waals surface area contributed by atoms with Crippen LogP contribution in [-0.2, 0) is 17.6 Å². The fourth-order valence-electron chi connectivity index (χ4n) is 2.64. The number of anilines is 1. The van der Waals surface area contributed by atoms with E-state index in [1.165, 1.54) is 11.5 Å². The van der Waals surface area contributed by atoms with Crippen molar-refractivity contribution >= 4 is 16.7 Å². The molecule has 6 heteroatoms. The molecule has 3 rings (SSSR count). The summed E-state index contributed by atoms with van der Waals surface area (Å²) in [7, 11) is 0. The SMILES string of the molecule is CCc1ccc(C2COCCN2c2nc(CC(C)C)ns2)o1. The number of rotatable bonds is 5. The van der Waals surface area contributed by atoms with Gasteiger partial charge in [0.1, 0.15) is 23.4 Å². The topological polar surface area (TPSA) is 51.4 Å². The average Bonchev–Trinajstić information content (AvgIpc) is 3.15. The molecule has 1 aliphatic heterocycles. The predicted octanol–water partition coefficient (Wildman–Crippen LogP) is 3.47. The lowest BCUT2D eigenvalue weighted by Crippen LogP contribution is -2.39. The average molecular weight is 321 g/mol. The van der Waals surface area contributed by atoms with Crippen LogP contribution in [0.25, 0.3) is 0 Å². The fraction of sp³-hybridized carbons (Fsp3) is 0.625. The van der Waals surface area contributed by atoms with Gasteiger partial charge in [-0.05, 0) is 18.1 Å². The Kier molecular flexibility index (Phi) is 4.78. The first-order valence-electron chi connectivity index (χ1n) is 7.93. The van der Waals surface area contributed by atoms with Gasteiger partial charge in [-0.3, -0.25) is 0 Å². The van der Waals surface area contributed by atoms with Crippen LogP contribution in [0.1, 0.15) is 44.2 Å². The third-order valence-corrected chi connectivity index (χ3v) is 4.57. The van der Waals surface area contributed by atoms with Crippen molar-refractivity contribution in [3.8, 4) is 0 Å². The van der Waals surface area contributed by atoms with Crippen molar-refractivity contribution in [3.63, 3.8) is 0 Å². The van der Waals surface area contributed by atoms with E-state index in [-0.39, 0.29) is 6.04 Å². The zero-order valence-corrected chi connectivity index (χ0v) is 14.2. The Labute approximate surface area is 135 Å². The first-order chi connectivity index (χ1) is 10.7.